The van der Waals surface area contributed by atoms with Crippen molar-refractivity contribution in [3.05, 3.63) is 29.6 Å². The molecule has 0 saturated carbocycles. The Balaban J connectivity index is 3.61. The number of carbonyl (C=O) groups is 1. The van der Waals surface area contributed by atoms with E-state index in [1.165, 1.54) is 0 Å². The standard InChI is InChI=1S/C9H5F6NO2/c10-8(11,12)7(18,9(13,14)15)5-2-1-3-16-6(5)4-17/h1-4,18H. The van der Waals surface area contributed by atoms with Crippen LogP contribution in [0.5, 0.6) is 0 Å². The first-order chi connectivity index (χ1) is 8.05. The third-order valence-corrected chi connectivity index (χ3v) is 2.16. The molecule has 0 radical (unpaired) electrons. The van der Waals surface area contributed by atoms with Crippen LogP contribution in [0.2, 0.25) is 0 Å². The SMILES string of the molecule is O=Cc1ncccc1C(O)(C(F)(F)F)C(F)(F)F. The Morgan fingerprint density at radius 1 is 1.11 bits per heavy atom. The summed E-state index contributed by atoms with van der Waals surface area (Å²) in [6.45, 7) is 0. The Morgan fingerprint density at radius 2 is 1.61 bits per heavy atom. The smallest absolute Gasteiger partial charge is 0.369 e. The Morgan fingerprint density at radius 3 is 2.00 bits per heavy atom. The maximum absolute atomic E-state index is 12.5. The molecular weight excluding hydrogens is 268 g/mol. The minimum atomic E-state index is -6.04. The van der Waals surface area contributed by atoms with Gasteiger partial charge in [0.05, 0.1) is 0 Å². The van der Waals surface area contributed by atoms with E-state index < -0.39 is 29.2 Å². The molecule has 0 fully saturated rings. The molecule has 1 heterocycles. The molecule has 9 heteroatoms. The molecule has 1 aromatic heterocycles. The van der Waals surface area contributed by atoms with E-state index in [-0.39, 0.29) is 6.29 Å². The molecule has 0 aliphatic heterocycles. The van der Waals surface area contributed by atoms with Crippen molar-refractivity contribution in [1.82, 2.24) is 4.98 Å². The van der Waals surface area contributed by atoms with Crippen LogP contribution < -0.4 is 0 Å². The van der Waals surface area contributed by atoms with Crippen molar-refractivity contribution < 1.29 is 36.2 Å². The summed E-state index contributed by atoms with van der Waals surface area (Å²) < 4.78 is 74.9. The van der Waals surface area contributed by atoms with Gasteiger partial charge in [0.25, 0.3) is 5.60 Å². The second-order valence-corrected chi connectivity index (χ2v) is 3.26. The molecule has 0 aromatic carbocycles. The van der Waals surface area contributed by atoms with E-state index in [1.54, 1.807) is 0 Å². The second kappa shape index (κ2) is 4.23. The number of hydrogen-bond acceptors (Lipinski definition) is 3. The first-order valence-electron chi connectivity index (χ1n) is 4.32. The lowest BCUT2D eigenvalue weighted by Gasteiger charge is -2.32. The van der Waals surface area contributed by atoms with Crippen LogP contribution in [0.1, 0.15) is 16.1 Å². The zero-order chi connectivity index (χ0) is 14.2. The first-order valence-corrected chi connectivity index (χ1v) is 4.32. The van der Waals surface area contributed by atoms with Gasteiger partial charge in [-0.15, -0.1) is 0 Å². The maximum atomic E-state index is 12.5. The predicted octanol–water partition coefficient (Wildman–Crippen LogP) is 2.21. The van der Waals surface area contributed by atoms with Crippen molar-refractivity contribution >= 4 is 6.29 Å². The van der Waals surface area contributed by atoms with Crippen molar-refractivity contribution in [2.75, 3.05) is 0 Å². The van der Waals surface area contributed by atoms with Gasteiger partial charge in [0.2, 0.25) is 0 Å². The highest BCUT2D eigenvalue weighted by Crippen LogP contribution is 2.50. The van der Waals surface area contributed by atoms with E-state index in [9.17, 15) is 31.1 Å². The fraction of sp³-hybridized carbons (Fsp3) is 0.333. The van der Waals surface area contributed by atoms with Crippen molar-refractivity contribution in [1.29, 1.82) is 0 Å². The van der Waals surface area contributed by atoms with Crippen LogP contribution in [0.15, 0.2) is 18.3 Å². The van der Waals surface area contributed by atoms with Gasteiger partial charge in [-0.25, -0.2) is 0 Å². The molecule has 0 unspecified atom stereocenters. The molecule has 100 valence electrons. The molecular formula is C9H5F6NO2. The molecule has 0 aliphatic carbocycles. The first kappa shape index (κ1) is 14.4. The topological polar surface area (TPSA) is 50.2 Å². The normalized spacial score (nSPS) is 13.5. The maximum Gasteiger partial charge on any atom is 0.430 e. The Hall–Kier alpha value is -1.64. The number of alkyl halides is 6. The van der Waals surface area contributed by atoms with Gasteiger partial charge < -0.3 is 5.11 Å². The quantitative estimate of drug-likeness (QED) is 0.664. The van der Waals surface area contributed by atoms with E-state index in [0.717, 1.165) is 12.3 Å². The summed E-state index contributed by atoms with van der Waals surface area (Å²) in [5.41, 5.74) is -7.92. The van der Waals surface area contributed by atoms with E-state index in [2.05, 4.69) is 4.98 Å². The van der Waals surface area contributed by atoms with E-state index in [4.69, 9.17) is 5.11 Å². The summed E-state index contributed by atoms with van der Waals surface area (Å²) in [7, 11) is 0. The lowest BCUT2D eigenvalue weighted by Crippen LogP contribution is -2.54. The monoisotopic (exact) mass is 273 g/mol. The summed E-state index contributed by atoms with van der Waals surface area (Å²) in [5.74, 6) is 0. The van der Waals surface area contributed by atoms with Crippen LogP contribution >= 0.6 is 0 Å². The van der Waals surface area contributed by atoms with E-state index in [1.807, 2.05) is 0 Å². The lowest BCUT2D eigenvalue weighted by atomic mass is 9.91. The Labute approximate surface area is 96.1 Å². The van der Waals surface area contributed by atoms with Gasteiger partial charge in [0.15, 0.2) is 6.29 Å². The van der Waals surface area contributed by atoms with E-state index >= 15 is 0 Å². The fourth-order valence-electron chi connectivity index (χ4n) is 1.28. The molecule has 1 aromatic rings. The van der Waals surface area contributed by atoms with Gasteiger partial charge in [0, 0.05) is 11.8 Å². The summed E-state index contributed by atoms with van der Waals surface area (Å²) >= 11 is 0. The lowest BCUT2D eigenvalue weighted by molar-refractivity contribution is -0.376. The van der Waals surface area contributed by atoms with Crippen molar-refractivity contribution in [3.63, 3.8) is 0 Å². The van der Waals surface area contributed by atoms with E-state index in [0.29, 0.717) is 6.07 Å². The number of halogens is 6. The number of aromatic nitrogens is 1. The second-order valence-electron chi connectivity index (χ2n) is 3.26. The van der Waals surface area contributed by atoms with Crippen molar-refractivity contribution in [3.8, 4) is 0 Å². The predicted molar refractivity (Wildman–Crippen MR) is 45.6 cm³/mol. The van der Waals surface area contributed by atoms with Crippen molar-refractivity contribution in [2.24, 2.45) is 0 Å². The van der Waals surface area contributed by atoms with Gasteiger partial charge in [-0.3, -0.25) is 9.78 Å². The number of aldehydes is 1. The van der Waals surface area contributed by atoms with Crippen LogP contribution in [0.4, 0.5) is 26.3 Å². The third kappa shape index (κ3) is 2.05. The molecule has 0 saturated heterocycles. The number of hydrogen-bond donors (Lipinski definition) is 1. The highest BCUT2D eigenvalue weighted by Gasteiger charge is 2.72. The zero-order valence-electron chi connectivity index (χ0n) is 8.38. The van der Waals surface area contributed by atoms with Crippen LogP contribution in [0.3, 0.4) is 0 Å². The molecule has 3 nitrogen and oxygen atoms in total. The van der Waals surface area contributed by atoms with Crippen LogP contribution in [0.25, 0.3) is 0 Å². The molecule has 0 spiro atoms. The van der Waals surface area contributed by atoms with Crippen LogP contribution in [-0.2, 0) is 5.60 Å². The minimum absolute atomic E-state index is 0.294. The minimum Gasteiger partial charge on any atom is -0.369 e. The molecule has 1 rings (SSSR count). The summed E-state index contributed by atoms with van der Waals surface area (Å²) in [4.78, 5) is 13.5. The number of pyridine rings is 1. The van der Waals surface area contributed by atoms with Crippen molar-refractivity contribution in [2.45, 2.75) is 18.0 Å². The molecule has 0 atom stereocenters. The summed E-state index contributed by atoms with van der Waals surface area (Å²) in [6, 6.07) is 1.10. The number of carbonyl (C=O) groups excluding carboxylic acids is 1. The Bertz CT molecular complexity index is 439. The highest BCUT2D eigenvalue weighted by atomic mass is 19.4. The van der Waals surface area contributed by atoms with Crippen LogP contribution in [-0.4, -0.2) is 28.7 Å². The molecule has 0 amide bonds. The van der Waals surface area contributed by atoms with Gasteiger partial charge in [0.1, 0.15) is 5.69 Å². The number of rotatable bonds is 2. The number of aliphatic hydroxyl groups is 1. The molecule has 18 heavy (non-hydrogen) atoms. The van der Waals surface area contributed by atoms with Gasteiger partial charge >= 0.3 is 12.4 Å². The van der Waals surface area contributed by atoms with Gasteiger partial charge in [-0.2, -0.15) is 26.3 Å². The fourth-order valence-corrected chi connectivity index (χ4v) is 1.28. The third-order valence-electron chi connectivity index (χ3n) is 2.16. The average molecular weight is 273 g/mol. The Kier molecular flexibility index (Phi) is 3.39. The van der Waals surface area contributed by atoms with Crippen LogP contribution in [0, 0.1) is 0 Å². The largest absolute Gasteiger partial charge is 0.430 e. The molecule has 1 N–H and O–H groups in total. The molecule has 0 bridgehead atoms. The average Bonchev–Trinajstić information content (AvgIpc) is 2.24. The number of nitrogens with zero attached hydrogens (tertiary/aromatic N) is 1. The van der Waals surface area contributed by atoms with Gasteiger partial charge in [-0.1, -0.05) is 6.07 Å². The van der Waals surface area contributed by atoms with Gasteiger partial charge in [-0.05, 0) is 6.07 Å². The zero-order valence-corrected chi connectivity index (χ0v) is 8.38. The highest BCUT2D eigenvalue weighted by molar-refractivity contribution is 5.75. The summed E-state index contributed by atoms with van der Waals surface area (Å²) in [6.07, 6.45) is -11.5. The molecule has 0 aliphatic rings. The summed E-state index contributed by atoms with van der Waals surface area (Å²) in [5, 5.41) is 9.02.